The highest BCUT2D eigenvalue weighted by molar-refractivity contribution is 5.95. The Morgan fingerprint density at radius 1 is 1.03 bits per heavy atom. The Kier molecular flexibility index (Phi) is 8.56. The molecule has 0 saturated carbocycles. The van der Waals surface area contributed by atoms with Gasteiger partial charge in [0.05, 0.1) is 17.8 Å². The van der Waals surface area contributed by atoms with Gasteiger partial charge >= 0.3 is 0 Å². The van der Waals surface area contributed by atoms with Crippen molar-refractivity contribution in [1.82, 2.24) is 0 Å². The molecule has 0 aliphatic rings. The molecule has 1 N–H and O–H groups in total. The predicted molar refractivity (Wildman–Crippen MR) is 122 cm³/mol. The number of benzene rings is 2. The van der Waals surface area contributed by atoms with Crippen LogP contribution in [0.5, 0.6) is 0 Å². The minimum Gasteiger partial charge on any atom is -0.369 e. The molecule has 31 heavy (non-hydrogen) atoms. The molecule has 1 unspecified atom stereocenters. The SMILES string of the molecule is [C-]#[N+]C(C)c1ccc(N(CC(C)C)CC(C)C)c(NC(=O)Cc2ccc(F)cc2F)c1. The van der Waals surface area contributed by atoms with Gasteiger partial charge in [0, 0.05) is 31.6 Å². The molecule has 0 spiro atoms. The Hall–Kier alpha value is -2.94. The highest BCUT2D eigenvalue weighted by Gasteiger charge is 2.19. The summed E-state index contributed by atoms with van der Waals surface area (Å²) in [6, 6.07) is 8.54. The van der Waals surface area contributed by atoms with E-state index in [2.05, 4.69) is 42.8 Å². The van der Waals surface area contributed by atoms with Gasteiger partial charge in [0.25, 0.3) is 0 Å². The van der Waals surface area contributed by atoms with Gasteiger partial charge in [-0.2, -0.15) is 0 Å². The topological polar surface area (TPSA) is 36.7 Å². The van der Waals surface area contributed by atoms with Crippen molar-refractivity contribution in [2.45, 2.75) is 47.1 Å². The number of hydrogen-bond donors (Lipinski definition) is 1. The van der Waals surface area contributed by atoms with E-state index >= 15 is 0 Å². The van der Waals surface area contributed by atoms with Crippen LogP contribution in [0, 0.1) is 30.0 Å². The molecular formula is C25H31F2N3O. The summed E-state index contributed by atoms with van der Waals surface area (Å²) in [5.41, 5.74) is 2.40. The summed E-state index contributed by atoms with van der Waals surface area (Å²) >= 11 is 0. The number of carbonyl (C=O) groups is 1. The first-order valence-corrected chi connectivity index (χ1v) is 10.6. The Labute approximate surface area is 184 Å². The first-order valence-electron chi connectivity index (χ1n) is 10.6. The number of hydrogen-bond acceptors (Lipinski definition) is 2. The molecule has 0 bridgehead atoms. The van der Waals surface area contributed by atoms with Crippen molar-refractivity contribution >= 4 is 17.3 Å². The number of carbonyl (C=O) groups excluding carboxylic acids is 1. The Morgan fingerprint density at radius 2 is 1.68 bits per heavy atom. The highest BCUT2D eigenvalue weighted by atomic mass is 19.1. The summed E-state index contributed by atoms with van der Waals surface area (Å²) < 4.78 is 27.2. The van der Waals surface area contributed by atoms with E-state index in [1.165, 1.54) is 6.07 Å². The van der Waals surface area contributed by atoms with Gasteiger partial charge in [-0.05, 0) is 41.7 Å². The van der Waals surface area contributed by atoms with Crippen molar-refractivity contribution in [2.75, 3.05) is 23.3 Å². The van der Waals surface area contributed by atoms with Crippen molar-refractivity contribution in [1.29, 1.82) is 0 Å². The average Bonchev–Trinajstić information content (AvgIpc) is 2.68. The molecule has 0 radical (unpaired) electrons. The first kappa shape index (κ1) is 24.3. The predicted octanol–water partition coefficient (Wildman–Crippen LogP) is 6.24. The van der Waals surface area contributed by atoms with E-state index in [1.54, 1.807) is 0 Å². The van der Waals surface area contributed by atoms with Crippen LogP contribution in [0.4, 0.5) is 20.2 Å². The fourth-order valence-corrected chi connectivity index (χ4v) is 3.45. The smallest absolute Gasteiger partial charge is 0.246 e. The van der Waals surface area contributed by atoms with Crippen molar-refractivity contribution in [2.24, 2.45) is 11.8 Å². The molecule has 1 atom stereocenters. The van der Waals surface area contributed by atoms with Crippen molar-refractivity contribution < 1.29 is 13.6 Å². The van der Waals surface area contributed by atoms with E-state index in [-0.39, 0.29) is 18.0 Å². The second kappa shape index (κ2) is 10.9. The lowest BCUT2D eigenvalue weighted by atomic mass is 10.0. The van der Waals surface area contributed by atoms with Crippen molar-refractivity contribution in [3.05, 3.63) is 70.6 Å². The lowest BCUT2D eigenvalue weighted by Crippen LogP contribution is -2.32. The molecule has 2 rings (SSSR count). The van der Waals surface area contributed by atoms with Gasteiger partial charge in [0.15, 0.2) is 0 Å². The normalized spacial score (nSPS) is 12.0. The highest BCUT2D eigenvalue weighted by Crippen LogP contribution is 2.32. The Balaban J connectivity index is 2.38. The van der Waals surface area contributed by atoms with Crippen LogP contribution in [0.3, 0.4) is 0 Å². The molecule has 6 heteroatoms. The molecule has 0 fully saturated rings. The fraction of sp³-hybridized carbons (Fsp3) is 0.440. The molecule has 0 saturated heterocycles. The van der Waals surface area contributed by atoms with E-state index in [4.69, 9.17) is 6.57 Å². The molecule has 2 aromatic carbocycles. The minimum absolute atomic E-state index is 0.132. The lowest BCUT2D eigenvalue weighted by molar-refractivity contribution is -0.115. The van der Waals surface area contributed by atoms with Crippen LogP contribution in [0.25, 0.3) is 4.85 Å². The van der Waals surface area contributed by atoms with Gasteiger partial charge in [-0.15, -0.1) is 0 Å². The summed E-state index contributed by atoms with van der Waals surface area (Å²) in [7, 11) is 0. The molecule has 0 heterocycles. The van der Waals surface area contributed by atoms with E-state index in [0.717, 1.165) is 36.5 Å². The number of amides is 1. The van der Waals surface area contributed by atoms with Gasteiger partial charge < -0.3 is 15.1 Å². The summed E-state index contributed by atoms with van der Waals surface area (Å²) in [4.78, 5) is 18.5. The minimum atomic E-state index is -0.744. The zero-order chi connectivity index (χ0) is 23.1. The Morgan fingerprint density at radius 3 is 2.23 bits per heavy atom. The van der Waals surface area contributed by atoms with Gasteiger partial charge in [0.2, 0.25) is 11.9 Å². The van der Waals surface area contributed by atoms with Crippen LogP contribution in [0.2, 0.25) is 0 Å². The molecule has 0 aliphatic heterocycles. The number of rotatable bonds is 9. The number of anilines is 2. The van der Waals surface area contributed by atoms with Crippen LogP contribution in [-0.2, 0) is 11.2 Å². The third-order valence-corrected chi connectivity index (χ3v) is 4.85. The van der Waals surface area contributed by atoms with Crippen LogP contribution in [0.1, 0.15) is 51.8 Å². The molecule has 0 aliphatic carbocycles. The maximum absolute atomic E-state index is 14.0. The van der Waals surface area contributed by atoms with Crippen molar-refractivity contribution in [3.63, 3.8) is 0 Å². The molecule has 166 valence electrons. The van der Waals surface area contributed by atoms with Gasteiger partial charge in [-0.1, -0.05) is 33.8 Å². The summed E-state index contributed by atoms with van der Waals surface area (Å²) in [6.07, 6.45) is -0.206. The summed E-state index contributed by atoms with van der Waals surface area (Å²) in [5, 5.41) is 2.90. The van der Waals surface area contributed by atoms with Gasteiger partial charge in [-0.25, -0.2) is 15.4 Å². The standard InChI is InChI=1S/C25H31F2N3O/c1-16(2)14-30(15-17(3)4)24-10-8-19(18(5)28-6)11-23(24)29-25(31)12-20-7-9-21(26)13-22(20)27/h7-11,13,16-18H,12,14-15H2,1-5H3,(H,29,31). The molecule has 4 nitrogen and oxygen atoms in total. The Bertz CT molecular complexity index is 940. The third kappa shape index (κ3) is 7.06. The van der Waals surface area contributed by atoms with E-state index in [0.29, 0.717) is 17.5 Å². The lowest BCUT2D eigenvalue weighted by Gasteiger charge is -2.30. The number of nitrogens with one attached hydrogen (secondary N) is 1. The molecular weight excluding hydrogens is 396 g/mol. The second-order valence-corrected chi connectivity index (χ2v) is 8.74. The number of nitrogens with zero attached hydrogens (tertiary/aromatic N) is 2. The quantitative estimate of drug-likeness (QED) is 0.481. The first-order chi connectivity index (χ1) is 14.6. The number of halogens is 2. The largest absolute Gasteiger partial charge is 0.369 e. The average molecular weight is 428 g/mol. The van der Waals surface area contributed by atoms with Crippen LogP contribution in [-0.4, -0.2) is 19.0 Å². The monoisotopic (exact) mass is 427 g/mol. The van der Waals surface area contributed by atoms with Crippen LogP contribution >= 0.6 is 0 Å². The van der Waals surface area contributed by atoms with Gasteiger partial charge in [0.1, 0.15) is 11.6 Å². The zero-order valence-electron chi connectivity index (χ0n) is 18.9. The summed E-state index contributed by atoms with van der Waals surface area (Å²) in [6.45, 7) is 19.3. The second-order valence-electron chi connectivity index (χ2n) is 8.74. The van der Waals surface area contributed by atoms with Crippen LogP contribution < -0.4 is 10.2 Å². The third-order valence-electron chi connectivity index (χ3n) is 4.85. The molecule has 1 amide bonds. The molecule has 0 aromatic heterocycles. The van der Waals surface area contributed by atoms with E-state index in [1.807, 2.05) is 25.1 Å². The van der Waals surface area contributed by atoms with Gasteiger partial charge in [-0.3, -0.25) is 4.79 Å². The van der Waals surface area contributed by atoms with Crippen LogP contribution in [0.15, 0.2) is 36.4 Å². The van der Waals surface area contributed by atoms with E-state index < -0.39 is 17.5 Å². The van der Waals surface area contributed by atoms with Crippen molar-refractivity contribution in [3.8, 4) is 0 Å². The maximum Gasteiger partial charge on any atom is 0.246 e. The zero-order valence-corrected chi connectivity index (χ0v) is 18.9. The van der Waals surface area contributed by atoms with E-state index in [9.17, 15) is 13.6 Å². The maximum atomic E-state index is 14.0. The summed E-state index contributed by atoms with van der Waals surface area (Å²) in [5.74, 6) is -0.988. The molecule has 2 aromatic rings. The fourth-order valence-electron chi connectivity index (χ4n) is 3.45.